The van der Waals surface area contributed by atoms with Crippen LogP contribution in [-0.2, 0) is 36.3 Å². The Balaban J connectivity index is 1.28. The quantitative estimate of drug-likeness (QED) is 0.671. The van der Waals surface area contributed by atoms with Crippen LogP contribution in [0, 0.1) is 11.3 Å². The van der Waals surface area contributed by atoms with Gasteiger partial charge in [-0.05, 0) is 53.8 Å². The minimum atomic E-state index is -0.753. The number of ether oxygens (including phenoxy) is 1. The van der Waals surface area contributed by atoms with Gasteiger partial charge in [0.15, 0.2) is 0 Å². The van der Waals surface area contributed by atoms with Crippen LogP contribution in [0.2, 0.25) is 0 Å². The lowest BCUT2D eigenvalue weighted by atomic mass is 9.79. The van der Waals surface area contributed by atoms with E-state index in [0.29, 0.717) is 24.5 Å². The fraction of sp³-hybridized carbons (Fsp3) is 0.308. The number of carbonyl (C=O) groups is 1. The number of nitrogens with one attached hydrogen (secondary N) is 1. The Morgan fingerprint density at radius 1 is 1.21 bits per heavy atom. The summed E-state index contributed by atoms with van der Waals surface area (Å²) in [6.07, 6.45) is 2.77. The SMILES string of the molecule is C[C@@]1(C#N)COCc2ccc(C(=O)NCc3cc(N4CCc5ccccc5C4)cnn3)cc21. The number of anilines is 1. The highest BCUT2D eigenvalue weighted by atomic mass is 16.5. The number of fused-ring (bicyclic) bond motifs is 2. The Morgan fingerprint density at radius 2 is 2.06 bits per heavy atom. The molecule has 1 amide bonds. The Labute approximate surface area is 193 Å². The lowest BCUT2D eigenvalue weighted by molar-refractivity contribution is 0.0757. The molecule has 2 aliphatic heterocycles. The molecule has 3 heterocycles. The summed E-state index contributed by atoms with van der Waals surface area (Å²) < 4.78 is 5.55. The van der Waals surface area contributed by atoms with Crippen LogP contribution in [0.15, 0.2) is 54.7 Å². The molecular weight excluding hydrogens is 414 g/mol. The lowest BCUT2D eigenvalue weighted by Crippen LogP contribution is -2.33. The Kier molecular flexibility index (Phi) is 5.53. The van der Waals surface area contributed by atoms with Crippen molar-refractivity contribution in [1.29, 1.82) is 5.26 Å². The van der Waals surface area contributed by atoms with Gasteiger partial charge in [-0.25, -0.2) is 0 Å². The molecule has 1 aromatic heterocycles. The number of rotatable bonds is 4. The predicted octanol–water partition coefficient (Wildman–Crippen LogP) is 3.28. The maximum absolute atomic E-state index is 12.8. The van der Waals surface area contributed by atoms with Crippen LogP contribution in [0.5, 0.6) is 0 Å². The minimum Gasteiger partial charge on any atom is -0.375 e. The monoisotopic (exact) mass is 439 g/mol. The van der Waals surface area contributed by atoms with Gasteiger partial charge in [-0.1, -0.05) is 30.3 Å². The molecule has 0 spiro atoms. The summed E-state index contributed by atoms with van der Waals surface area (Å²) in [6, 6.07) is 18.3. The van der Waals surface area contributed by atoms with Crippen molar-refractivity contribution in [2.45, 2.75) is 38.5 Å². The van der Waals surface area contributed by atoms with Crippen LogP contribution in [0.1, 0.15) is 45.2 Å². The molecule has 7 nitrogen and oxygen atoms in total. The summed E-state index contributed by atoms with van der Waals surface area (Å²) in [7, 11) is 0. The molecule has 0 bridgehead atoms. The zero-order valence-electron chi connectivity index (χ0n) is 18.5. The molecule has 0 fully saturated rings. The summed E-state index contributed by atoms with van der Waals surface area (Å²) >= 11 is 0. The van der Waals surface area contributed by atoms with Crippen LogP contribution in [0.3, 0.4) is 0 Å². The third kappa shape index (κ3) is 4.18. The van der Waals surface area contributed by atoms with Crippen molar-refractivity contribution >= 4 is 11.6 Å². The molecule has 1 atom stereocenters. The number of aromatic nitrogens is 2. The van der Waals surface area contributed by atoms with Crippen molar-refractivity contribution in [3.8, 4) is 6.07 Å². The number of carbonyl (C=O) groups excluding carboxylic acids is 1. The van der Waals surface area contributed by atoms with E-state index in [1.807, 2.05) is 25.1 Å². The molecule has 0 saturated heterocycles. The van der Waals surface area contributed by atoms with Gasteiger partial charge < -0.3 is 15.0 Å². The van der Waals surface area contributed by atoms with Gasteiger partial charge >= 0.3 is 0 Å². The van der Waals surface area contributed by atoms with Crippen molar-refractivity contribution in [2.75, 3.05) is 18.1 Å². The molecule has 7 heteroatoms. The second-order valence-electron chi connectivity index (χ2n) is 8.84. The first-order valence-corrected chi connectivity index (χ1v) is 11.1. The zero-order valence-corrected chi connectivity index (χ0v) is 18.5. The van der Waals surface area contributed by atoms with E-state index in [0.717, 1.165) is 36.3 Å². The highest BCUT2D eigenvalue weighted by Gasteiger charge is 2.33. The average molecular weight is 440 g/mol. The number of benzene rings is 2. The zero-order chi connectivity index (χ0) is 22.8. The van der Waals surface area contributed by atoms with Crippen molar-refractivity contribution < 1.29 is 9.53 Å². The Morgan fingerprint density at radius 3 is 2.91 bits per heavy atom. The molecule has 0 radical (unpaired) electrons. The first-order valence-electron chi connectivity index (χ1n) is 11.1. The first-order chi connectivity index (χ1) is 16.1. The molecule has 0 saturated carbocycles. The maximum atomic E-state index is 12.8. The fourth-order valence-electron chi connectivity index (χ4n) is 4.54. The number of nitrogens with zero attached hydrogens (tertiary/aromatic N) is 4. The topological polar surface area (TPSA) is 91.1 Å². The van der Waals surface area contributed by atoms with E-state index in [1.54, 1.807) is 12.3 Å². The van der Waals surface area contributed by atoms with E-state index in [1.165, 1.54) is 11.1 Å². The second-order valence-corrected chi connectivity index (χ2v) is 8.84. The molecular formula is C26H25N5O2. The van der Waals surface area contributed by atoms with Crippen LogP contribution in [-0.4, -0.2) is 29.3 Å². The van der Waals surface area contributed by atoms with Gasteiger partial charge in [0, 0.05) is 18.7 Å². The molecule has 2 aliphatic rings. The number of nitriles is 1. The summed E-state index contributed by atoms with van der Waals surface area (Å²) in [4.78, 5) is 15.1. The molecule has 166 valence electrons. The van der Waals surface area contributed by atoms with Crippen LogP contribution < -0.4 is 10.2 Å². The highest BCUT2D eigenvalue weighted by molar-refractivity contribution is 5.94. The second kappa shape index (κ2) is 8.64. The number of hydrogen-bond acceptors (Lipinski definition) is 6. The van der Waals surface area contributed by atoms with E-state index >= 15 is 0 Å². The molecule has 3 aromatic rings. The smallest absolute Gasteiger partial charge is 0.251 e. The minimum absolute atomic E-state index is 0.205. The van der Waals surface area contributed by atoms with Gasteiger partial charge in [-0.15, -0.1) is 0 Å². The van der Waals surface area contributed by atoms with Gasteiger partial charge in [0.05, 0.1) is 43.4 Å². The third-order valence-electron chi connectivity index (χ3n) is 6.48. The molecule has 0 aliphatic carbocycles. The normalized spacial score (nSPS) is 19.2. The summed E-state index contributed by atoms with van der Waals surface area (Å²) in [5.74, 6) is -0.205. The van der Waals surface area contributed by atoms with Crippen molar-refractivity contribution in [1.82, 2.24) is 15.5 Å². The maximum Gasteiger partial charge on any atom is 0.251 e. The van der Waals surface area contributed by atoms with Crippen molar-refractivity contribution in [3.63, 3.8) is 0 Å². The van der Waals surface area contributed by atoms with E-state index in [9.17, 15) is 10.1 Å². The number of hydrogen-bond donors (Lipinski definition) is 1. The summed E-state index contributed by atoms with van der Waals surface area (Å²) in [5, 5.41) is 20.9. The summed E-state index contributed by atoms with van der Waals surface area (Å²) in [5.41, 5.74) is 6.00. The van der Waals surface area contributed by atoms with Gasteiger partial charge in [0.25, 0.3) is 5.91 Å². The standard InChI is InChI=1S/C26H25N5O2/c1-26(16-27)17-33-15-21-7-6-19(10-24(21)26)25(32)28-12-22-11-23(13-29-30-22)31-9-8-18-4-2-3-5-20(18)14-31/h2-7,10-11,13H,8-9,12,14-15,17H2,1H3,(H,28,32)/t26-/m1/s1. The van der Waals surface area contributed by atoms with Crippen molar-refractivity contribution in [2.24, 2.45) is 0 Å². The molecule has 0 unspecified atom stereocenters. The average Bonchev–Trinajstić information content (AvgIpc) is 2.87. The van der Waals surface area contributed by atoms with E-state index in [2.05, 4.69) is 50.7 Å². The third-order valence-corrected chi connectivity index (χ3v) is 6.48. The Bertz CT molecular complexity index is 1250. The first kappa shape index (κ1) is 21.1. The van der Waals surface area contributed by atoms with Gasteiger partial charge in [-0.3, -0.25) is 4.79 Å². The van der Waals surface area contributed by atoms with E-state index < -0.39 is 5.41 Å². The molecule has 2 aromatic carbocycles. The Hall–Kier alpha value is -3.76. The summed E-state index contributed by atoms with van der Waals surface area (Å²) in [6.45, 7) is 4.66. The molecule has 33 heavy (non-hydrogen) atoms. The van der Waals surface area contributed by atoms with Gasteiger partial charge in [0.2, 0.25) is 0 Å². The van der Waals surface area contributed by atoms with Crippen LogP contribution in [0.25, 0.3) is 0 Å². The van der Waals surface area contributed by atoms with E-state index in [4.69, 9.17) is 4.74 Å². The highest BCUT2D eigenvalue weighted by Crippen LogP contribution is 2.32. The molecule has 5 rings (SSSR count). The van der Waals surface area contributed by atoms with E-state index in [-0.39, 0.29) is 12.5 Å². The van der Waals surface area contributed by atoms with Crippen molar-refractivity contribution in [3.05, 3.63) is 88.2 Å². The molecule has 1 N–H and O–H groups in total. The van der Waals surface area contributed by atoms with Gasteiger partial charge in [0.1, 0.15) is 5.41 Å². The van der Waals surface area contributed by atoms with Gasteiger partial charge in [-0.2, -0.15) is 15.5 Å². The van der Waals surface area contributed by atoms with Crippen LogP contribution >= 0.6 is 0 Å². The van der Waals surface area contributed by atoms with Crippen LogP contribution in [0.4, 0.5) is 5.69 Å². The lowest BCUT2D eigenvalue weighted by Gasteiger charge is -2.30. The predicted molar refractivity (Wildman–Crippen MR) is 123 cm³/mol. The fourth-order valence-corrected chi connectivity index (χ4v) is 4.54. The number of amides is 1. The largest absolute Gasteiger partial charge is 0.375 e.